The zero-order chi connectivity index (χ0) is 16.9. The number of hydrogen-bond acceptors (Lipinski definition) is 3. The van der Waals surface area contributed by atoms with E-state index >= 15 is 0 Å². The van der Waals surface area contributed by atoms with Crippen LogP contribution in [0.25, 0.3) is 0 Å². The van der Waals surface area contributed by atoms with Crippen molar-refractivity contribution in [2.75, 3.05) is 19.8 Å². The van der Waals surface area contributed by atoms with E-state index in [4.69, 9.17) is 13.3 Å². The zero-order valence-electron chi connectivity index (χ0n) is 16.1. The van der Waals surface area contributed by atoms with Gasteiger partial charge in [0.2, 0.25) is 0 Å². The predicted molar refractivity (Wildman–Crippen MR) is 101 cm³/mol. The van der Waals surface area contributed by atoms with E-state index in [-0.39, 0.29) is 5.41 Å². The van der Waals surface area contributed by atoms with E-state index in [1.54, 1.807) is 0 Å². The van der Waals surface area contributed by atoms with Crippen LogP contribution in [0, 0.1) is 5.41 Å². The lowest BCUT2D eigenvalue weighted by Gasteiger charge is -2.38. The van der Waals surface area contributed by atoms with Gasteiger partial charge in [-0.2, -0.15) is 0 Å². The van der Waals surface area contributed by atoms with Gasteiger partial charge in [-0.15, -0.1) is 0 Å². The van der Waals surface area contributed by atoms with Crippen LogP contribution in [0.2, 0.25) is 58.9 Å². The molecular formula is C15H38O3Si3. The van der Waals surface area contributed by atoms with Crippen molar-refractivity contribution in [2.24, 2.45) is 5.41 Å². The molecule has 3 nitrogen and oxygen atoms in total. The standard InChI is InChI=1S/C15H38O3Si3/c1-11-15(12-16-19(2,3)4,13-17-20(5,6)7)14-18-21(8,9)10/h11-14H2,1-10H3. The first-order chi connectivity index (χ1) is 9.18. The Morgan fingerprint density at radius 3 is 0.952 bits per heavy atom. The summed E-state index contributed by atoms with van der Waals surface area (Å²) in [6, 6.07) is 0. The van der Waals surface area contributed by atoms with E-state index in [0.717, 1.165) is 26.2 Å². The minimum absolute atomic E-state index is 0.000833. The molecule has 6 heteroatoms. The third-order valence-electron chi connectivity index (χ3n) is 3.18. The van der Waals surface area contributed by atoms with Gasteiger partial charge in [0.15, 0.2) is 25.0 Å². The quantitative estimate of drug-likeness (QED) is 0.522. The Morgan fingerprint density at radius 1 is 0.571 bits per heavy atom. The van der Waals surface area contributed by atoms with Gasteiger partial charge >= 0.3 is 0 Å². The normalized spacial score (nSPS) is 14.6. The summed E-state index contributed by atoms with van der Waals surface area (Å²) in [6.45, 7) is 24.7. The molecule has 0 aliphatic rings. The Balaban J connectivity index is 4.91. The van der Waals surface area contributed by atoms with Gasteiger partial charge in [0.1, 0.15) is 0 Å². The molecular weight excluding hydrogens is 312 g/mol. The van der Waals surface area contributed by atoms with Crippen LogP contribution >= 0.6 is 0 Å². The molecule has 0 aliphatic carbocycles. The fraction of sp³-hybridized carbons (Fsp3) is 1.00. The lowest BCUT2D eigenvalue weighted by atomic mass is 9.88. The van der Waals surface area contributed by atoms with Gasteiger partial charge in [0, 0.05) is 25.2 Å². The highest BCUT2D eigenvalue weighted by Crippen LogP contribution is 2.28. The molecule has 0 fully saturated rings. The van der Waals surface area contributed by atoms with E-state index in [2.05, 4.69) is 65.8 Å². The molecule has 21 heavy (non-hydrogen) atoms. The second-order valence-electron chi connectivity index (χ2n) is 9.06. The molecule has 0 heterocycles. The first-order valence-corrected chi connectivity index (χ1v) is 18.3. The van der Waals surface area contributed by atoms with Gasteiger partial charge in [-0.1, -0.05) is 6.92 Å². The van der Waals surface area contributed by atoms with Crippen LogP contribution in [0.4, 0.5) is 0 Å². The fourth-order valence-corrected chi connectivity index (χ4v) is 3.76. The van der Waals surface area contributed by atoms with Crippen LogP contribution in [0.5, 0.6) is 0 Å². The maximum atomic E-state index is 6.23. The molecule has 0 rings (SSSR count). The highest BCUT2D eigenvalue weighted by atomic mass is 28.4. The van der Waals surface area contributed by atoms with Crippen molar-refractivity contribution in [3.63, 3.8) is 0 Å². The van der Waals surface area contributed by atoms with E-state index in [0.29, 0.717) is 0 Å². The monoisotopic (exact) mass is 350 g/mol. The molecule has 0 aromatic heterocycles. The summed E-state index contributed by atoms with van der Waals surface area (Å²) in [5.74, 6) is 0. The molecule has 128 valence electrons. The average molecular weight is 351 g/mol. The predicted octanol–water partition coefficient (Wildman–Crippen LogP) is 4.94. The highest BCUT2D eigenvalue weighted by molar-refractivity contribution is 6.70. The van der Waals surface area contributed by atoms with E-state index in [1.807, 2.05) is 0 Å². The van der Waals surface area contributed by atoms with Gasteiger partial charge < -0.3 is 13.3 Å². The number of rotatable bonds is 10. The fourth-order valence-electron chi connectivity index (χ4n) is 1.54. The lowest BCUT2D eigenvalue weighted by molar-refractivity contribution is 0.0217. The molecule has 0 unspecified atom stereocenters. The average Bonchev–Trinajstić information content (AvgIpc) is 2.25. The highest BCUT2D eigenvalue weighted by Gasteiger charge is 2.35. The lowest BCUT2D eigenvalue weighted by Crippen LogP contribution is -2.45. The second-order valence-corrected chi connectivity index (χ2v) is 22.6. The summed E-state index contributed by atoms with van der Waals surface area (Å²) < 4.78 is 18.7. The van der Waals surface area contributed by atoms with Gasteiger partial charge in [0.25, 0.3) is 0 Å². The molecule has 0 aliphatic heterocycles. The van der Waals surface area contributed by atoms with Crippen molar-refractivity contribution in [2.45, 2.75) is 72.3 Å². The van der Waals surface area contributed by atoms with Crippen molar-refractivity contribution >= 4 is 25.0 Å². The minimum atomic E-state index is -1.52. The zero-order valence-corrected chi connectivity index (χ0v) is 19.1. The topological polar surface area (TPSA) is 27.7 Å². The van der Waals surface area contributed by atoms with Crippen molar-refractivity contribution in [3.8, 4) is 0 Å². The molecule has 0 bridgehead atoms. The van der Waals surface area contributed by atoms with Gasteiger partial charge in [0.05, 0.1) is 0 Å². The van der Waals surface area contributed by atoms with Crippen LogP contribution < -0.4 is 0 Å². The first kappa shape index (κ1) is 21.5. The SMILES string of the molecule is CCC(CO[Si](C)(C)C)(CO[Si](C)(C)C)CO[Si](C)(C)C. The third-order valence-corrected chi connectivity index (χ3v) is 6.22. The molecule has 0 saturated heterocycles. The molecule has 0 atom stereocenters. The second kappa shape index (κ2) is 7.88. The van der Waals surface area contributed by atoms with Gasteiger partial charge in [-0.05, 0) is 65.3 Å². The molecule has 0 amide bonds. The molecule has 0 saturated carbocycles. The Morgan fingerprint density at radius 2 is 0.810 bits per heavy atom. The summed E-state index contributed by atoms with van der Waals surface area (Å²) in [4.78, 5) is 0. The molecule has 0 aromatic carbocycles. The Labute approximate surface area is 136 Å². The minimum Gasteiger partial charge on any atom is -0.417 e. The van der Waals surface area contributed by atoms with Gasteiger partial charge in [-0.25, -0.2) is 0 Å². The molecule has 0 aromatic rings. The number of hydrogen-bond donors (Lipinski definition) is 0. The van der Waals surface area contributed by atoms with Crippen molar-refractivity contribution < 1.29 is 13.3 Å². The van der Waals surface area contributed by atoms with E-state index < -0.39 is 25.0 Å². The maximum Gasteiger partial charge on any atom is 0.183 e. The summed E-state index contributed by atoms with van der Waals surface area (Å²) in [5.41, 5.74) is 0.000833. The van der Waals surface area contributed by atoms with E-state index in [1.165, 1.54) is 0 Å². The van der Waals surface area contributed by atoms with Crippen molar-refractivity contribution in [1.29, 1.82) is 0 Å². The van der Waals surface area contributed by atoms with E-state index in [9.17, 15) is 0 Å². The Hall–Kier alpha value is 0.531. The smallest absolute Gasteiger partial charge is 0.183 e. The van der Waals surface area contributed by atoms with Crippen LogP contribution in [0.1, 0.15) is 13.3 Å². The summed E-state index contributed by atoms with van der Waals surface area (Å²) in [6.07, 6.45) is 1.03. The van der Waals surface area contributed by atoms with Crippen LogP contribution in [-0.4, -0.2) is 44.8 Å². The van der Waals surface area contributed by atoms with Gasteiger partial charge in [-0.3, -0.25) is 0 Å². The summed E-state index contributed by atoms with van der Waals surface area (Å²) >= 11 is 0. The Bertz CT molecular complexity index is 255. The summed E-state index contributed by atoms with van der Waals surface area (Å²) in [5, 5.41) is 0. The third kappa shape index (κ3) is 11.7. The van der Waals surface area contributed by atoms with Crippen molar-refractivity contribution in [1.82, 2.24) is 0 Å². The largest absolute Gasteiger partial charge is 0.417 e. The van der Waals surface area contributed by atoms with Crippen LogP contribution in [-0.2, 0) is 13.3 Å². The Kier molecular flexibility index (Phi) is 8.08. The van der Waals surface area contributed by atoms with Crippen molar-refractivity contribution in [3.05, 3.63) is 0 Å². The van der Waals surface area contributed by atoms with Crippen LogP contribution in [0.3, 0.4) is 0 Å². The molecule has 0 N–H and O–H groups in total. The van der Waals surface area contributed by atoms with Crippen LogP contribution in [0.15, 0.2) is 0 Å². The first-order valence-electron chi connectivity index (χ1n) is 8.10. The summed E-state index contributed by atoms with van der Waals surface area (Å²) in [7, 11) is -4.56. The maximum absolute atomic E-state index is 6.23. The molecule has 0 radical (unpaired) electrons. The molecule has 0 spiro atoms.